The van der Waals surface area contributed by atoms with Crippen molar-refractivity contribution in [2.24, 2.45) is 0 Å². The van der Waals surface area contributed by atoms with Crippen LogP contribution < -0.4 is 5.30 Å². The maximum absolute atomic E-state index is 12.8. The van der Waals surface area contributed by atoms with Gasteiger partial charge in [-0.3, -0.25) is 14.5 Å². The largest absolute Gasteiger partial charge is 0.507 e. The average molecular weight is 332 g/mol. The molecule has 0 spiro atoms. The minimum Gasteiger partial charge on any atom is -0.507 e. The Bertz CT molecular complexity index is 903. The van der Waals surface area contributed by atoms with Crippen LogP contribution in [-0.2, 0) is 13.6 Å². The summed E-state index contributed by atoms with van der Waals surface area (Å²) in [6, 6.07) is 6.83. The van der Waals surface area contributed by atoms with Crippen molar-refractivity contribution in [2.45, 2.75) is 13.8 Å². The lowest BCUT2D eigenvalue weighted by molar-refractivity contribution is 0.230. The third-order valence-electron chi connectivity index (χ3n) is 3.44. The first-order chi connectivity index (χ1) is 11.1. The van der Waals surface area contributed by atoms with E-state index in [-0.39, 0.29) is 19.0 Å². The first-order valence-corrected chi connectivity index (χ1v) is 8.89. The Balaban J connectivity index is 2.20. The second-order valence-corrected chi connectivity index (χ2v) is 6.92. The molecule has 0 unspecified atom stereocenters. The van der Waals surface area contributed by atoms with Crippen molar-refractivity contribution in [3.05, 3.63) is 36.7 Å². The average Bonchev–Trinajstić information content (AvgIpc) is 2.55. The number of fused-ring (bicyclic) bond motifs is 3. The molecule has 1 N–H and O–H groups in total. The SMILES string of the molecule is CCOP(=O)(OCC)c1cnc2c(ccc3c(O)ccnc32)c1. The summed E-state index contributed by atoms with van der Waals surface area (Å²) in [7, 11) is -3.38. The van der Waals surface area contributed by atoms with Gasteiger partial charge in [-0.2, -0.15) is 0 Å². The molecule has 0 saturated heterocycles. The van der Waals surface area contributed by atoms with Crippen LogP contribution in [-0.4, -0.2) is 28.3 Å². The second kappa shape index (κ2) is 6.24. The molecule has 0 aliphatic rings. The Morgan fingerprint density at radius 2 is 1.83 bits per heavy atom. The van der Waals surface area contributed by atoms with Gasteiger partial charge < -0.3 is 14.2 Å². The van der Waals surface area contributed by atoms with Crippen molar-refractivity contribution in [3.63, 3.8) is 0 Å². The number of rotatable bonds is 5. The molecule has 2 aromatic heterocycles. The highest BCUT2D eigenvalue weighted by molar-refractivity contribution is 7.62. The molecule has 0 amide bonds. The molecule has 0 aliphatic carbocycles. The summed E-state index contributed by atoms with van der Waals surface area (Å²) in [4.78, 5) is 8.66. The predicted octanol–water partition coefficient (Wildman–Crippen LogP) is 3.38. The van der Waals surface area contributed by atoms with Gasteiger partial charge in [0.2, 0.25) is 0 Å². The van der Waals surface area contributed by atoms with E-state index < -0.39 is 7.60 Å². The number of aromatic nitrogens is 2. The summed E-state index contributed by atoms with van der Waals surface area (Å²) in [6.07, 6.45) is 3.01. The fraction of sp³-hybridized carbons (Fsp3) is 0.250. The fourth-order valence-corrected chi connectivity index (χ4v) is 4.01. The monoisotopic (exact) mass is 332 g/mol. The van der Waals surface area contributed by atoms with E-state index in [1.807, 2.05) is 0 Å². The number of benzene rings is 1. The zero-order valence-corrected chi connectivity index (χ0v) is 13.8. The number of aromatic hydroxyl groups is 1. The molecular formula is C16H17N2O4P. The molecule has 120 valence electrons. The Morgan fingerprint density at radius 3 is 2.52 bits per heavy atom. The number of pyridine rings is 2. The molecule has 0 radical (unpaired) electrons. The van der Waals surface area contributed by atoms with Crippen LogP contribution in [0.25, 0.3) is 21.8 Å². The van der Waals surface area contributed by atoms with Crippen LogP contribution in [0.3, 0.4) is 0 Å². The molecule has 0 bridgehead atoms. The van der Waals surface area contributed by atoms with Crippen molar-refractivity contribution in [3.8, 4) is 5.75 Å². The molecule has 0 fully saturated rings. The lowest BCUT2D eigenvalue weighted by Gasteiger charge is -2.17. The van der Waals surface area contributed by atoms with Gasteiger partial charge in [0.15, 0.2) is 0 Å². The number of hydrogen-bond donors (Lipinski definition) is 1. The summed E-state index contributed by atoms with van der Waals surface area (Å²) in [6.45, 7) is 4.09. The standard InChI is InChI=1S/C16H17N2O4P/c1-3-21-23(20,22-4-2)12-9-11-5-6-13-14(19)7-8-17-16(13)15(11)18-10-12/h5-10H,3-4H2,1-2H3,(H,17,19). The fourth-order valence-electron chi connectivity index (χ4n) is 2.46. The highest BCUT2D eigenvalue weighted by Crippen LogP contribution is 2.47. The van der Waals surface area contributed by atoms with E-state index in [0.29, 0.717) is 21.7 Å². The number of nitrogens with zero attached hydrogens (tertiary/aromatic N) is 2. The Morgan fingerprint density at radius 1 is 1.09 bits per heavy atom. The molecule has 0 saturated carbocycles. The summed E-state index contributed by atoms with van der Waals surface area (Å²) < 4.78 is 23.5. The van der Waals surface area contributed by atoms with E-state index in [0.717, 1.165) is 5.39 Å². The van der Waals surface area contributed by atoms with Crippen LogP contribution in [0.5, 0.6) is 5.75 Å². The molecule has 3 aromatic rings. The van der Waals surface area contributed by atoms with Crippen LogP contribution in [0.4, 0.5) is 0 Å². The zero-order chi connectivity index (χ0) is 16.4. The zero-order valence-electron chi connectivity index (χ0n) is 12.9. The Hall–Kier alpha value is -2.01. The Labute approximate surface area is 133 Å². The van der Waals surface area contributed by atoms with Crippen molar-refractivity contribution in [1.29, 1.82) is 0 Å². The van der Waals surface area contributed by atoms with Gasteiger partial charge in [-0.05, 0) is 32.0 Å². The van der Waals surface area contributed by atoms with Crippen LogP contribution in [0, 0.1) is 0 Å². The van der Waals surface area contributed by atoms with Gasteiger partial charge in [0.05, 0.1) is 24.0 Å². The van der Waals surface area contributed by atoms with E-state index in [1.54, 1.807) is 32.0 Å². The van der Waals surface area contributed by atoms with E-state index in [1.165, 1.54) is 18.5 Å². The predicted molar refractivity (Wildman–Crippen MR) is 89.2 cm³/mol. The first-order valence-electron chi connectivity index (χ1n) is 7.35. The van der Waals surface area contributed by atoms with Gasteiger partial charge in [0, 0.05) is 23.2 Å². The summed E-state index contributed by atoms with van der Waals surface area (Å²) in [5, 5.41) is 11.7. The molecule has 7 heteroatoms. The number of hydrogen-bond acceptors (Lipinski definition) is 6. The quantitative estimate of drug-likeness (QED) is 0.570. The summed E-state index contributed by atoms with van der Waals surface area (Å²) in [5.41, 5.74) is 1.22. The molecule has 0 aliphatic heterocycles. The van der Waals surface area contributed by atoms with Gasteiger partial charge in [-0.15, -0.1) is 0 Å². The van der Waals surface area contributed by atoms with Crippen molar-refractivity contribution >= 4 is 34.7 Å². The highest BCUT2D eigenvalue weighted by atomic mass is 31.2. The van der Waals surface area contributed by atoms with E-state index in [2.05, 4.69) is 9.97 Å². The molecule has 0 atom stereocenters. The van der Waals surface area contributed by atoms with Gasteiger partial charge in [-0.25, -0.2) is 0 Å². The molecule has 3 rings (SSSR count). The molecule has 23 heavy (non-hydrogen) atoms. The maximum Gasteiger partial charge on any atom is 0.362 e. The van der Waals surface area contributed by atoms with E-state index in [9.17, 15) is 9.67 Å². The smallest absolute Gasteiger partial charge is 0.362 e. The third kappa shape index (κ3) is 2.81. The van der Waals surface area contributed by atoms with Crippen LogP contribution in [0.15, 0.2) is 36.7 Å². The third-order valence-corrected chi connectivity index (χ3v) is 5.51. The molecule has 1 aromatic carbocycles. The first kappa shape index (κ1) is 15.9. The minimum absolute atomic E-state index is 0.150. The topological polar surface area (TPSA) is 81.5 Å². The van der Waals surface area contributed by atoms with Crippen molar-refractivity contribution in [2.75, 3.05) is 13.2 Å². The van der Waals surface area contributed by atoms with E-state index in [4.69, 9.17) is 9.05 Å². The maximum atomic E-state index is 12.8. The van der Waals surface area contributed by atoms with Gasteiger partial charge in [0.1, 0.15) is 11.3 Å². The van der Waals surface area contributed by atoms with Crippen LogP contribution >= 0.6 is 7.60 Å². The lowest BCUT2D eigenvalue weighted by atomic mass is 10.1. The Kier molecular flexibility index (Phi) is 4.31. The van der Waals surface area contributed by atoms with Crippen molar-refractivity contribution in [1.82, 2.24) is 9.97 Å². The van der Waals surface area contributed by atoms with Gasteiger partial charge in [-0.1, -0.05) is 6.07 Å². The normalized spacial score (nSPS) is 12.1. The molecular weight excluding hydrogens is 315 g/mol. The van der Waals surface area contributed by atoms with Crippen molar-refractivity contribution < 1.29 is 18.7 Å². The van der Waals surface area contributed by atoms with Crippen LogP contribution in [0.1, 0.15) is 13.8 Å². The minimum atomic E-state index is -3.38. The van der Waals surface area contributed by atoms with Crippen LogP contribution in [0.2, 0.25) is 0 Å². The highest BCUT2D eigenvalue weighted by Gasteiger charge is 2.27. The van der Waals surface area contributed by atoms with Gasteiger partial charge >= 0.3 is 7.60 Å². The molecule has 2 heterocycles. The second-order valence-electron chi connectivity index (χ2n) is 4.89. The molecule has 6 nitrogen and oxygen atoms in total. The van der Waals surface area contributed by atoms with E-state index >= 15 is 0 Å². The lowest BCUT2D eigenvalue weighted by Crippen LogP contribution is -2.11. The van der Waals surface area contributed by atoms with Gasteiger partial charge in [0.25, 0.3) is 0 Å². The summed E-state index contributed by atoms with van der Waals surface area (Å²) >= 11 is 0. The summed E-state index contributed by atoms with van der Waals surface area (Å²) in [5.74, 6) is 0.150.